The lowest BCUT2D eigenvalue weighted by atomic mass is 9.81. The van der Waals surface area contributed by atoms with Crippen LogP contribution in [0.5, 0.6) is 5.75 Å². The minimum atomic E-state index is -0.999. The van der Waals surface area contributed by atoms with Crippen LogP contribution >= 0.6 is 0 Å². The molecule has 0 radical (unpaired) electrons. The lowest BCUT2D eigenvalue weighted by Crippen LogP contribution is -2.41. The van der Waals surface area contributed by atoms with E-state index in [2.05, 4.69) is 16.0 Å². The van der Waals surface area contributed by atoms with Crippen LogP contribution in [0.1, 0.15) is 11.5 Å². The molecule has 1 aliphatic rings. The smallest absolute Gasteiger partial charge is 0.355 e. The number of imidazole rings is 1. The Bertz CT molecular complexity index is 1490. The fourth-order valence-electron chi connectivity index (χ4n) is 4.15. The molecule has 4 N–H and O–H groups in total. The number of methoxy groups -OCH3 is 3. The second-order valence-corrected chi connectivity index (χ2v) is 7.48. The molecule has 2 aromatic carbocycles. The van der Waals surface area contributed by atoms with Crippen LogP contribution < -0.4 is 21.1 Å². The van der Waals surface area contributed by atoms with Crippen molar-refractivity contribution in [3.05, 3.63) is 81.2 Å². The van der Waals surface area contributed by atoms with Gasteiger partial charge in [-0.1, -0.05) is 30.3 Å². The zero-order chi connectivity index (χ0) is 25.3. The first-order chi connectivity index (χ1) is 16.9. The van der Waals surface area contributed by atoms with Crippen molar-refractivity contribution >= 4 is 28.7 Å². The van der Waals surface area contributed by atoms with Crippen LogP contribution in [0.15, 0.2) is 69.9 Å². The number of H-pyrrole nitrogens is 2. The summed E-state index contributed by atoms with van der Waals surface area (Å²) in [6, 6.07) is 13.8. The first-order valence-electron chi connectivity index (χ1n) is 10.3. The molecule has 1 aromatic heterocycles. The molecule has 11 heteroatoms. The molecular weight excluding hydrogens is 454 g/mol. The highest BCUT2D eigenvalue weighted by Crippen LogP contribution is 2.45. The maximum atomic E-state index is 13.2. The van der Waals surface area contributed by atoms with E-state index in [1.165, 1.54) is 31.3 Å². The monoisotopic (exact) mass is 475 g/mol. The number of nitrogens with zero attached hydrogens (tertiary/aromatic N) is 2. The number of rotatable bonds is 5. The molecule has 3 aromatic rings. The van der Waals surface area contributed by atoms with Crippen LogP contribution in [0.25, 0.3) is 11.0 Å². The number of nitrogens with one attached hydrogen (secondary N) is 2. The van der Waals surface area contributed by atoms with Gasteiger partial charge in [-0.2, -0.15) is 5.26 Å². The highest BCUT2D eigenvalue weighted by molar-refractivity contribution is 6.07. The van der Waals surface area contributed by atoms with Crippen LogP contribution in [-0.2, 0) is 19.1 Å². The number of carbonyl (C=O) groups is 2. The predicted molar refractivity (Wildman–Crippen MR) is 125 cm³/mol. The normalized spacial score (nSPS) is 15.7. The third-order valence-corrected chi connectivity index (χ3v) is 5.67. The van der Waals surface area contributed by atoms with Gasteiger partial charge in [-0.25, -0.2) is 14.4 Å². The number of hydrogen-bond acceptors (Lipinski definition) is 9. The summed E-state index contributed by atoms with van der Waals surface area (Å²) in [5.74, 6) is -2.65. The molecule has 4 rings (SSSR count). The maximum absolute atomic E-state index is 13.2. The van der Waals surface area contributed by atoms with E-state index in [0.717, 1.165) is 7.11 Å². The zero-order valence-electron chi connectivity index (χ0n) is 19.0. The molecule has 178 valence electrons. The quantitative estimate of drug-likeness (QED) is 0.467. The Kier molecular flexibility index (Phi) is 6.03. The number of fused-ring (bicyclic) bond motifs is 1. The minimum Gasteiger partial charge on any atom is -0.494 e. The van der Waals surface area contributed by atoms with Crippen molar-refractivity contribution in [2.45, 2.75) is 5.92 Å². The van der Waals surface area contributed by atoms with Gasteiger partial charge < -0.3 is 29.9 Å². The van der Waals surface area contributed by atoms with Gasteiger partial charge in [0.05, 0.1) is 61.2 Å². The molecule has 0 aliphatic carbocycles. The maximum Gasteiger partial charge on any atom is 0.355 e. The molecular formula is C24H21N5O6. The fourth-order valence-corrected chi connectivity index (χ4v) is 4.15. The third-order valence-electron chi connectivity index (χ3n) is 5.67. The van der Waals surface area contributed by atoms with Crippen molar-refractivity contribution in [3.8, 4) is 11.8 Å². The molecule has 0 amide bonds. The van der Waals surface area contributed by atoms with Crippen LogP contribution in [0.2, 0.25) is 0 Å². The summed E-state index contributed by atoms with van der Waals surface area (Å²) < 4.78 is 15.5. The molecule has 0 spiro atoms. The average molecular weight is 475 g/mol. The number of ether oxygens (including phenoxy) is 3. The molecule has 1 atom stereocenters. The van der Waals surface area contributed by atoms with Crippen LogP contribution in [0.4, 0.5) is 5.69 Å². The summed E-state index contributed by atoms with van der Waals surface area (Å²) in [5.41, 5.74) is 7.23. The Hall–Kier alpha value is -4.98. The Morgan fingerprint density at radius 1 is 1.03 bits per heavy atom. The van der Waals surface area contributed by atoms with E-state index in [4.69, 9.17) is 19.9 Å². The van der Waals surface area contributed by atoms with E-state index >= 15 is 0 Å². The van der Waals surface area contributed by atoms with Crippen molar-refractivity contribution in [1.82, 2.24) is 9.97 Å². The number of aromatic amines is 2. The number of benzene rings is 2. The number of anilines is 1. The largest absolute Gasteiger partial charge is 0.494 e. The Morgan fingerprint density at radius 3 is 2.23 bits per heavy atom. The number of carbonyl (C=O) groups excluding carboxylic acids is 2. The highest BCUT2D eigenvalue weighted by atomic mass is 16.5. The van der Waals surface area contributed by atoms with Gasteiger partial charge in [-0.15, -0.1) is 0 Å². The van der Waals surface area contributed by atoms with Crippen LogP contribution in [-0.4, -0.2) is 43.2 Å². The summed E-state index contributed by atoms with van der Waals surface area (Å²) in [5, 5.41) is 10.1. The van der Waals surface area contributed by atoms with Crippen molar-refractivity contribution in [1.29, 1.82) is 5.26 Å². The van der Waals surface area contributed by atoms with E-state index < -0.39 is 23.5 Å². The second-order valence-electron chi connectivity index (χ2n) is 7.48. The van der Waals surface area contributed by atoms with Crippen LogP contribution in [0, 0.1) is 11.3 Å². The third kappa shape index (κ3) is 3.76. The Morgan fingerprint density at radius 2 is 1.66 bits per heavy atom. The van der Waals surface area contributed by atoms with Gasteiger partial charge >= 0.3 is 17.6 Å². The number of esters is 2. The topological polar surface area (TPSA) is 164 Å². The molecule has 0 saturated carbocycles. The predicted octanol–water partition coefficient (Wildman–Crippen LogP) is 1.76. The summed E-state index contributed by atoms with van der Waals surface area (Å²) in [4.78, 5) is 44.6. The first kappa shape index (κ1) is 23.2. The van der Waals surface area contributed by atoms with Crippen molar-refractivity contribution in [3.63, 3.8) is 0 Å². The molecule has 11 nitrogen and oxygen atoms in total. The van der Waals surface area contributed by atoms with E-state index in [1.54, 1.807) is 30.3 Å². The first-order valence-corrected chi connectivity index (χ1v) is 10.3. The average Bonchev–Trinajstić information content (AvgIpc) is 3.25. The standard InChI is InChI=1S/C24H21N5O6/c1-33-17-10-15-14(27-24(32)28-15)9-16(17)29-20(23(31)35-3)19(22(30)34-2)18(13(11-25)21(29)26)12-7-5-4-6-8-12/h4-10,18H,26H2,1-3H3,(H2,27,28,32). The summed E-state index contributed by atoms with van der Waals surface area (Å²) in [7, 11) is 3.71. The summed E-state index contributed by atoms with van der Waals surface area (Å²) in [6.07, 6.45) is 0. The fraction of sp³-hybridized carbons (Fsp3) is 0.167. The number of allylic oxidation sites excluding steroid dienone is 1. The van der Waals surface area contributed by atoms with E-state index in [-0.39, 0.29) is 34.1 Å². The van der Waals surface area contributed by atoms with Gasteiger partial charge in [0.25, 0.3) is 0 Å². The molecule has 0 bridgehead atoms. The summed E-state index contributed by atoms with van der Waals surface area (Å²) >= 11 is 0. The molecule has 1 unspecified atom stereocenters. The second kappa shape index (κ2) is 9.11. The van der Waals surface area contributed by atoms with Gasteiger partial charge in [0.15, 0.2) is 0 Å². The van der Waals surface area contributed by atoms with Gasteiger partial charge in [-0.05, 0) is 11.6 Å². The molecule has 35 heavy (non-hydrogen) atoms. The van der Waals surface area contributed by atoms with Crippen molar-refractivity contribution in [2.75, 3.05) is 26.2 Å². The number of hydrogen-bond donors (Lipinski definition) is 3. The van der Waals surface area contributed by atoms with Crippen molar-refractivity contribution < 1.29 is 23.8 Å². The zero-order valence-corrected chi connectivity index (χ0v) is 19.0. The Labute approximate surface area is 199 Å². The minimum absolute atomic E-state index is 0.00830. The summed E-state index contributed by atoms with van der Waals surface area (Å²) in [6.45, 7) is 0. The number of nitriles is 1. The van der Waals surface area contributed by atoms with E-state index in [1.807, 2.05) is 0 Å². The number of nitrogens with two attached hydrogens (primary N) is 1. The van der Waals surface area contributed by atoms with Gasteiger partial charge in [0.1, 0.15) is 17.3 Å². The Balaban J connectivity index is 2.12. The van der Waals surface area contributed by atoms with Crippen LogP contribution in [0.3, 0.4) is 0 Å². The molecule has 0 saturated heterocycles. The highest BCUT2D eigenvalue weighted by Gasteiger charge is 2.43. The lowest BCUT2D eigenvalue weighted by molar-refractivity contribution is -0.139. The van der Waals surface area contributed by atoms with Gasteiger partial charge in [0.2, 0.25) is 0 Å². The van der Waals surface area contributed by atoms with Gasteiger partial charge in [-0.3, -0.25) is 4.90 Å². The van der Waals surface area contributed by atoms with Crippen molar-refractivity contribution in [2.24, 2.45) is 5.73 Å². The molecule has 1 aliphatic heterocycles. The SMILES string of the molecule is COC(=O)C1=C(C(=O)OC)N(c2cc3[nH]c(=O)[nH]c3cc2OC)C(N)=C(C#N)C1c1ccccc1. The number of aromatic nitrogens is 2. The molecule has 0 fully saturated rings. The van der Waals surface area contributed by atoms with E-state index in [0.29, 0.717) is 16.6 Å². The lowest BCUT2D eigenvalue weighted by Gasteiger charge is -2.36. The van der Waals surface area contributed by atoms with E-state index in [9.17, 15) is 19.6 Å². The molecule has 2 heterocycles. The van der Waals surface area contributed by atoms with Gasteiger partial charge in [0, 0.05) is 6.07 Å².